The second kappa shape index (κ2) is 11.8. The molecule has 13 nitrogen and oxygen atoms in total. The third-order valence-electron chi connectivity index (χ3n) is 6.18. The van der Waals surface area contributed by atoms with Crippen LogP contribution < -0.4 is 15.6 Å². The minimum atomic E-state index is -1.19. The lowest BCUT2D eigenvalue weighted by molar-refractivity contribution is -0.119. The van der Waals surface area contributed by atoms with Crippen LogP contribution in [0.4, 0.5) is 5.69 Å². The number of hydrogen-bond acceptors (Lipinski definition) is 9. The van der Waals surface area contributed by atoms with E-state index in [1.807, 2.05) is 0 Å². The number of ether oxygens (including phenoxy) is 1. The van der Waals surface area contributed by atoms with Crippen molar-refractivity contribution in [2.24, 2.45) is 0 Å². The Hall–Kier alpha value is -5.43. The monoisotopic (exact) mass is 572 g/mol. The van der Waals surface area contributed by atoms with E-state index in [0.29, 0.717) is 27.6 Å². The molecule has 0 fully saturated rings. The molecule has 0 aliphatic carbocycles. The number of carbonyl (C=O) groups excluding carboxylic acids is 1. The average molecular weight is 573 g/mol. The van der Waals surface area contributed by atoms with Crippen molar-refractivity contribution in [2.45, 2.75) is 12.5 Å². The molecule has 1 unspecified atom stereocenters. The van der Waals surface area contributed by atoms with Crippen LogP contribution in [0.3, 0.4) is 0 Å². The number of rotatable bonds is 9. The average Bonchev–Trinajstić information content (AvgIpc) is 3.51. The Morgan fingerprint density at radius 1 is 1.10 bits per heavy atom. The van der Waals surface area contributed by atoms with Gasteiger partial charge in [0, 0.05) is 41.0 Å². The summed E-state index contributed by atoms with van der Waals surface area (Å²) < 4.78 is 8.38. The maximum atomic E-state index is 13.6. The Kier molecular flexibility index (Phi) is 7.78. The predicted octanol–water partition coefficient (Wildman–Crippen LogP) is 3.06. The SMILES string of the molecule is COc1cn(C(Cc2ccncc2)C(=O)Nc2ccc(C(=O)O)nc2)c(=O)cc1-c1cc(Cl)ccc1-n1cnnn1. The molecule has 0 aliphatic heterocycles. The number of pyridine rings is 3. The molecular formula is C27H21ClN8O5. The van der Waals surface area contributed by atoms with E-state index in [-0.39, 0.29) is 17.8 Å². The van der Waals surface area contributed by atoms with Gasteiger partial charge in [0.15, 0.2) is 0 Å². The summed E-state index contributed by atoms with van der Waals surface area (Å²) in [6.07, 6.45) is 7.42. The molecule has 0 radical (unpaired) electrons. The molecule has 1 amide bonds. The first kappa shape index (κ1) is 27.1. The molecule has 0 aliphatic rings. The van der Waals surface area contributed by atoms with Gasteiger partial charge in [-0.1, -0.05) is 11.6 Å². The second-order valence-corrected chi connectivity index (χ2v) is 9.16. The molecule has 2 N–H and O–H groups in total. The van der Waals surface area contributed by atoms with Gasteiger partial charge in [0.05, 0.1) is 30.9 Å². The molecule has 4 heterocycles. The van der Waals surface area contributed by atoms with Crippen molar-refractivity contribution in [1.82, 2.24) is 34.7 Å². The standard InChI is InChI=1S/C27H21ClN8O5/c1-41-24-14-35(25(37)12-20(24)19-11-17(28)2-5-22(19)36-15-31-33-34-36)23(10-16-6-8-29-9-7-16)26(38)32-18-3-4-21(27(39)40)30-13-18/h2-9,11-15,23H,10H2,1H3,(H,32,38)(H,39,40). The Balaban J connectivity index is 1.58. The van der Waals surface area contributed by atoms with Gasteiger partial charge in [0.25, 0.3) is 5.56 Å². The van der Waals surface area contributed by atoms with Gasteiger partial charge in [0.1, 0.15) is 23.8 Å². The van der Waals surface area contributed by atoms with E-state index in [1.165, 1.54) is 53.3 Å². The zero-order valence-electron chi connectivity index (χ0n) is 21.4. The van der Waals surface area contributed by atoms with Crippen LogP contribution in [0.25, 0.3) is 16.8 Å². The van der Waals surface area contributed by atoms with Crippen molar-refractivity contribution in [1.29, 1.82) is 0 Å². The highest BCUT2D eigenvalue weighted by Crippen LogP contribution is 2.35. The lowest BCUT2D eigenvalue weighted by atomic mass is 10.0. The Morgan fingerprint density at radius 3 is 2.56 bits per heavy atom. The van der Waals surface area contributed by atoms with Crippen molar-refractivity contribution in [3.8, 4) is 22.6 Å². The van der Waals surface area contributed by atoms with Crippen LogP contribution >= 0.6 is 11.6 Å². The number of aromatic carboxylic acids is 1. The maximum absolute atomic E-state index is 13.6. The molecule has 206 valence electrons. The van der Waals surface area contributed by atoms with Gasteiger partial charge in [-0.2, -0.15) is 4.68 Å². The van der Waals surface area contributed by atoms with Crippen molar-refractivity contribution in [3.63, 3.8) is 0 Å². The smallest absolute Gasteiger partial charge is 0.354 e. The van der Waals surface area contributed by atoms with Crippen LogP contribution in [-0.4, -0.2) is 58.8 Å². The van der Waals surface area contributed by atoms with E-state index >= 15 is 0 Å². The number of aromatic nitrogens is 7. The first-order chi connectivity index (χ1) is 19.8. The molecule has 0 bridgehead atoms. The predicted molar refractivity (Wildman–Crippen MR) is 147 cm³/mol. The zero-order valence-corrected chi connectivity index (χ0v) is 22.1. The van der Waals surface area contributed by atoms with E-state index < -0.39 is 23.5 Å². The molecule has 5 rings (SSSR count). The summed E-state index contributed by atoms with van der Waals surface area (Å²) in [6, 6.07) is 11.5. The highest BCUT2D eigenvalue weighted by atomic mass is 35.5. The normalized spacial score (nSPS) is 11.6. The van der Waals surface area contributed by atoms with Crippen molar-refractivity contribution in [2.75, 3.05) is 12.4 Å². The van der Waals surface area contributed by atoms with Crippen molar-refractivity contribution < 1.29 is 19.4 Å². The van der Waals surface area contributed by atoms with E-state index in [2.05, 4.69) is 30.8 Å². The fraction of sp³-hybridized carbons (Fsp3) is 0.111. The number of nitrogens with one attached hydrogen (secondary N) is 1. The number of benzene rings is 1. The number of tetrazole rings is 1. The van der Waals surface area contributed by atoms with Gasteiger partial charge in [-0.25, -0.2) is 9.78 Å². The van der Waals surface area contributed by atoms with Gasteiger partial charge in [-0.3, -0.25) is 19.1 Å². The van der Waals surface area contributed by atoms with E-state index in [0.717, 1.165) is 5.56 Å². The van der Waals surface area contributed by atoms with E-state index in [4.69, 9.17) is 21.4 Å². The van der Waals surface area contributed by atoms with Gasteiger partial charge >= 0.3 is 5.97 Å². The summed E-state index contributed by atoms with van der Waals surface area (Å²) in [5, 5.41) is 23.5. The minimum Gasteiger partial charge on any atom is -0.495 e. The third kappa shape index (κ3) is 5.94. The third-order valence-corrected chi connectivity index (χ3v) is 6.41. The topological polar surface area (TPSA) is 167 Å². The number of anilines is 1. The largest absolute Gasteiger partial charge is 0.495 e. The van der Waals surface area contributed by atoms with Crippen LogP contribution in [0.2, 0.25) is 5.02 Å². The van der Waals surface area contributed by atoms with E-state index in [1.54, 1.807) is 42.7 Å². The van der Waals surface area contributed by atoms with E-state index in [9.17, 15) is 14.4 Å². The number of amides is 1. The summed E-state index contributed by atoms with van der Waals surface area (Å²) in [6.45, 7) is 0. The summed E-state index contributed by atoms with van der Waals surface area (Å²) in [5.74, 6) is -1.43. The van der Waals surface area contributed by atoms with Crippen molar-refractivity contribution >= 4 is 29.2 Å². The number of nitrogens with zero attached hydrogens (tertiary/aromatic N) is 7. The number of halogens is 1. The van der Waals surface area contributed by atoms with Crippen LogP contribution in [0.1, 0.15) is 22.1 Å². The summed E-state index contributed by atoms with van der Waals surface area (Å²) in [7, 11) is 1.45. The Labute approximate surface area is 237 Å². The second-order valence-electron chi connectivity index (χ2n) is 8.72. The number of carbonyl (C=O) groups is 2. The molecule has 5 aromatic rings. The van der Waals surface area contributed by atoms with Crippen LogP contribution in [-0.2, 0) is 11.2 Å². The molecule has 14 heteroatoms. The maximum Gasteiger partial charge on any atom is 0.354 e. The first-order valence-corrected chi connectivity index (χ1v) is 12.4. The molecule has 1 atom stereocenters. The number of carboxylic acids is 1. The first-order valence-electron chi connectivity index (χ1n) is 12.1. The fourth-order valence-corrected chi connectivity index (χ4v) is 4.39. The van der Waals surface area contributed by atoms with Crippen LogP contribution in [0.15, 0.2) is 84.4 Å². The minimum absolute atomic E-state index is 0.143. The summed E-state index contributed by atoms with van der Waals surface area (Å²) in [5.41, 5.74) is 1.86. The molecule has 4 aromatic heterocycles. The van der Waals surface area contributed by atoms with Crippen molar-refractivity contribution in [3.05, 3.63) is 106 Å². The highest BCUT2D eigenvalue weighted by molar-refractivity contribution is 6.31. The molecule has 1 aromatic carbocycles. The number of carboxylic acid groups (broad SMARTS) is 1. The Bertz CT molecular complexity index is 1760. The van der Waals surface area contributed by atoms with Gasteiger partial charge in [-0.05, 0) is 58.5 Å². The Morgan fingerprint density at radius 2 is 1.90 bits per heavy atom. The quantitative estimate of drug-likeness (QED) is 0.268. The lowest BCUT2D eigenvalue weighted by Gasteiger charge is -2.22. The summed E-state index contributed by atoms with van der Waals surface area (Å²) in [4.78, 5) is 46.2. The van der Waals surface area contributed by atoms with Crippen LogP contribution in [0.5, 0.6) is 5.75 Å². The summed E-state index contributed by atoms with van der Waals surface area (Å²) >= 11 is 6.30. The molecule has 0 saturated carbocycles. The van der Waals surface area contributed by atoms with Gasteiger partial charge in [0.2, 0.25) is 5.91 Å². The molecule has 0 spiro atoms. The number of methoxy groups -OCH3 is 1. The van der Waals surface area contributed by atoms with Gasteiger partial charge < -0.3 is 15.2 Å². The number of hydrogen-bond donors (Lipinski definition) is 2. The lowest BCUT2D eigenvalue weighted by Crippen LogP contribution is -2.34. The molecular weight excluding hydrogens is 552 g/mol. The zero-order chi connectivity index (χ0) is 28.9. The van der Waals surface area contributed by atoms with Gasteiger partial charge in [-0.15, -0.1) is 5.10 Å². The molecule has 0 saturated heterocycles. The fourth-order valence-electron chi connectivity index (χ4n) is 4.22. The molecule has 41 heavy (non-hydrogen) atoms. The van der Waals surface area contributed by atoms with Crippen LogP contribution in [0, 0.1) is 0 Å². The highest BCUT2D eigenvalue weighted by Gasteiger charge is 2.25.